The largest absolute Gasteiger partial charge is 0.419 e. The van der Waals surface area contributed by atoms with Gasteiger partial charge in [-0.3, -0.25) is 14.5 Å². The molecule has 2 saturated heterocycles. The Labute approximate surface area is 171 Å². The number of rotatable bonds is 4. The van der Waals surface area contributed by atoms with E-state index in [-0.39, 0.29) is 18.2 Å². The summed E-state index contributed by atoms with van der Waals surface area (Å²) in [7, 11) is 0. The summed E-state index contributed by atoms with van der Waals surface area (Å²) in [6.07, 6.45) is -3.20. The first-order valence-corrected chi connectivity index (χ1v) is 9.89. The molecule has 0 aliphatic carbocycles. The zero-order valence-electron chi connectivity index (χ0n) is 16.3. The number of alkyl halides is 3. The molecule has 6 nitrogen and oxygen atoms in total. The third-order valence-electron chi connectivity index (χ3n) is 5.76. The Morgan fingerprint density at radius 3 is 2.33 bits per heavy atom. The van der Waals surface area contributed by atoms with E-state index in [1.807, 2.05) is 35.2 Å². The average Bonchev–Trinajstić information content (AvgIpc) is 3.03. The summed E-state index contributed by atoms with van der Waals surface area (Å²) >= 11 is 0. The number of likely N-dealkylation sites (tertiary alicyclic amines) is 1. The van der Waals surface area contributed by atoms with Crippen molar-refractivity contribution in [3.05, 3.63) is 59.8 Å². The molecule has 1 aromatic carbocycles. The van der Waals surface area contributed by atoms with Gasteiger partial charge in [-0.1, -0.05) is 30.3 Å². The molecule has 2 fully saturated rings. The lowest BCUT2D eigenvalue weighted by Gasteiger charge is -2.30. The van der Waals surface area contributed by atoms with E-state index in [4.69, 9.17) is 0 Å². The van der Waals surface area contributed by atoms with Crippen LogP contribution in [0.1, 0.15) is 23.5 Å². The number of piperazine rings is 1. The Morgan fingerprint density at radius 1 is 1.03 bits per heavy atom. The van der Waals surface area contributed by atoms with E-state index < -0.39 is 17.7 Å². The number of nitrogens with zero attached hydrogens (tertiary/aromatic N) is 2. The molecule has 0 unspecified atom stereocenters. The van der Waals surface area contributed by atoms with E-state index in [0.29, 0.717) is 38.7 Å². The van der Waals surface area contributed by atoms with Gasteiger partial charge in [-0.05, 0) is 11.6 Å². The Hall–Kier alpha value is -2.94. The van der Waals surface area contributed by atoms with E-state index in [9.17, 15) is 22.8 Å². The van der Waals surface area contributed by atoms with Crippen LogP contribution < -0.4 is 14.8 Å². The van der Waals surface area contributed by atoms with Crippen LogP contribution in [-0.4, -0.2) is 49.6 Å². The number of benzene rings is 1. The predicted octanol–water partition coefficient (Wildman–Crippen LogP) is 0.725. The molecular weight excluding hydrogens is 397 g/mol. The average molecular weight is 420 g/mol. The topological polar surface area (TPSA) is 59.2 Å². The van der Waals surface area contributed by atoms with Crippen molar-refractivity contribution in [2.45, 2.75) is 18.5 Å². The highest BCUT2D eigenvalue weighted by Gasteiger charge is 2.42. The Morgan fingerprint density at radius 2 is 1.73 bits per heavy atom. The molecule has 0 saturated carbocycles. The number of hydrogen-bond acceptors (Lipinski definition) is 3. The molecule has 0 radical (unpaired) electrons. The molecule has 2 N–H and O–H groups in total. The van der Waals surface area contributed by atoms with Gasteiger partial charge in [0.25, 0.3) is 5.82 Å². The van der Waals surface area contributed by atoms with Crippen molar-refractivity contribution < 1.29 is 32.6 Å². The van der Waals surface area contributed by atoms with Crippen LogP contribution in [0.4, 0.5) is 19.0 Å². The molecule has 158 valence electrons. The normalized spacial score (nSPS) is 20.8. The van der Waals surface area contributed by atoms with Crippen LogP contribution in [0.2, 0.25) is 0 Å². The summed E-state index contributed by atoms with van der Waals surface area (Å²) in [5.41, 5.74) is 0.144. The van der Waals surface area contributed by atoms with Crippen LogP contribution in [0, 0.1) is 0 Å². The summed E-state index contributed by atoms with van der Waals surface area (Å²) in [4.78, 5) is 32.4. The molecule has 2 amide bonds. The first kappa shape index (κ1) is 20.3. The summed E-state index contributed by atoms with van der Waals surface area (Å²) < 4.78 is 38.1. The van der Waals surface area contributed by atoms with E-state index in [0.717, 1.165) is 22.7 Å². The molecule has 2 aromatic rings. The number of pyridine rings is 1. The van der Waals surface area contributed by atoms with Crippen molar-refractivity contribution in [3.63, 3.8) is 0 Å². The van der Waals surface area contributed by atoms with Gasteiger partial charge in [0, 0.05) is 12.5 Å². The second-order valence-electron chi connectivity index (χ2n) is 7.68. The molecule has 1 aromatic heterocycles. The van der Waals surface area contributed by atoms with Crippen LogP contribution in [0.3, 0.4) is 0 Å². The van der Waals surface area contributed by atoms with Crippen molar-refractivity contribution >= 4 is 17.6 Å². The maximum atomic E-state index is 12.8. The zero-order valence-corrected chi connectivity index (χ0v) is 16.3. The third-order valence-corrected chi connectivity index (χ3v) is 5.76. The van der Waals surface area contributed by atoms with Gasteiger partial charge >= 0.3 is 6.18 Å². The van der Waals surface area contributed by atoms with Gasteiger partial charge in [-0.2, -0.15) is 13.2 Å². The van der Waals surface area contributed by atoms with Crippen LogP contribution >= 0.6 is 0 Å². The lowest BCUT2D eigenvalue weighted by atomic mass is 9.98. The number of imide groups is 1. The van der Waals surface area contributed by atoms with Gasteiger partial charge in [-0.25, -0.2) is 9.88 Å². The number of quaternary nitrogens is 1. The van der Waals surface area contributed by atoms with Gasteiger partial charge in [-0.15, -0.1) is 0 Å². The zero-order chi connectivity index (χ0) is 21.3. The molecule has 1 atom stereocenters. The second-order valence-corrected chi connectivity index (χ2v) is 7.68. The molecule has 4 rings (SSSR count). The standard InChI is InChI=1S/C21H21F3N4O2/c22-21(23,24)16-6-7-18(25-13-16)27-10-8-26(9-11-27)14-28-19(29)12-17(20(28)30)15-4-2-1-3-5-15/h1-7,13,17H,8-12,14H2/p+2/t17-/m0/s1. The number of hydrogen-bond donors (Lipinski definition) is 1. The van der Waals surface area contributed by atoms with Crippen molar-refractivity contribution in [1.82, 2.24) is 4.90 Å². The van der Waals surface area contributed by atoms with Crippen LogP contribution in [0.15, 0.2) is 48.7 Å². The van der Waals surface area contributed by atoms with Gasteiger partial charge in [0.1, 0.15) is 32.4 Å². The molecule has 0 bridgehead atoms. The van der Waals surface area contributed by atoms with Crippen LogP contribution in [0.5, 0.6) is 0 Å². The number of carbonyl (C=O) groups is 2. The third kappa shape index (κ3) is 4.16. The molecule has 9 heteroatoms. The van der Waals surface area contributed by atoms with E-state index in [1.54, 1.807) is 0 Å². The van der Waals surface area contributed by atoms with Crippen molar-refractivity contribution in [3.8, 4) is 0 Å². The molecule has 30 heavy (non-hydrogen) atoms. The maximum absolute atomic E-state index is 12.8. The number of carbonyl (C=O) groups excluding carboxylic acids is 2. The van der Waals surface area contributed by atoms with E-state index in [2.05, 4.69) is 4.98 Å². The highest BCUT2D eigenvalue weighted by molar-refractivity contribution is 6.06. The van der Waals surface area contributed by atoms with Gasteiger partial charge < -0.3 is 4.90 Å². The first-order valence-electron chi connectivity index (χ1n) is 9.89. The second kappa shape index (κ2) is 8.06. The SMILES string of the molecule is O=C1C[C@@H](c2ccccc2)C(=O)N1C[NH+]1CCN(c2ccc(C(F)(F)F)c[nH+]2)CC1. The fourth-order valence-electron chi connectivity index (χ4n) is 4.03. The van der Waals surface area contributed by atoms with Gasteiger partial charge in [0.15, 0.2) is 6.67 Å². The summed E-state index contributed by atoms with van der Waals surface area (Å²) in [5, 5.41) is 0. The van der Waals surface area contributed by atoms with E-state index in [1.165, 1.54) is 11.0 Å². The van der Waals surface area contributed by atoms with Gasteiger partial charge in [0.05, 0.1) is 11.5 Å². The Bertz CT molecular complexity index is 910. The minimum atomic E-state index is -4.37. The lowest BCUT2D eigenvalue weighted by Crippen LogP contribution is -3.16. The Kier molecular flexibility index (Phi) is 5.46. The Balaban J connectivity index is 1.34. The number of H-pyrrole nitrogens is 1. The maximum Gasteiger partial charge on any atom is 0.419 e. The van der Waals surface area contributed by atoms with E-state index >= 15 is 0 Å². The highest BCUT2D eigenvalue weighted by atomic mass is 19.4. The summed E-state index contributed by atoms with van der Waals surface area (Å²) in [6, 6.07) is 11.8. The number of amides is 2. The monoisotopic (exact) mass is 420 g/mol. The van der Waals surface area contributed by atoms with Crippen molar-refractivity contribution in [2.24, 2.45) is 0 Å². The highest BCUT2D eigenvalue weighted by Crippen LogP contribution is 2.29. The fraction of sp³-hybridized carbons (Fsp3) is 0.381. The fourth-order valence-corrected chi connectivity index (χ4v) is 4.03. The number of nitrogens with one attached hydrogen (secondary N) is 2. The minimum absolute atomic E-state index is 0.153. The van der Waals surface area contributed by atoms with Gasteiger partial charge in [0.2, 0.25) is 11.8 Å². The quantitative estimate of drug-likeness (QED) is 0.742. The lowest BCUT2D eigenvalue weighted by molar-refractivity contribution is -0.908. The minimum Gasteiger partial charge on any atom is -0.311 e. The summed E-state index contributed by atoms with van der Waals surface area (Å²) in [5.74, 6) is -0.0993. The molecular formula is C21H23F3N4O2+2. The smallest absolute Gasteiger partial charge is 0.311 e. The number of aromatic nitrogens is 1. The molecule has 0 spiro atoms. The van der Waals surface area contributed by atoms with Crippen molar-refractivity contribution in [2.75, 3.05) is 37.7 Å². The van der Waals surface area contributed by atoms with Crippen molar-refractivity contribution in [1.29, 1.82) is 0 Å². The number of anilines is 1. The van der Waals surface area contributed by atoms with Crippen LogP contribution in [0.25, 0.3) is 0 Å². The molecule has 2 aliphatic heterocycles. The first-order chi connectivity index (χ1) is 14.3. The predicted molar refractivity (Wildman–Crippen MR) is 101 cm³/mol. The summed E-state index contributed by atoms with van der Waals surface area (Å²) in [6.45, 7) is 2.93. The number of halogens is 3. The molecule has 2 aliphatic rings. The molecule has 3 heterocycles. The van der Waals surface area contributed by atoms with Crippen LogP contribution in [-0.2, 0) is 15.8 Å². The number of aromatic amines is 1.